The van der Waals surface area contributed by atoms with Crippen molar-refractivity contribution in [3.63, 3.8) is 0 Å². The average Bonchev–Trinajstić information content (AvgIpc) is 3.11. The van der Waals surface area contributed by atoms with Crippen LogP contribution in [0.1, 0.15) is 37.6 Å². The molecule has 16 heavy (non-hydrogen) atoms. The van der Waals surface area contributed by atoms with Gasteiger partial charge in [0.2, 0.25) is 0 Å². The van der Waals surface area contributed by atoms with Crippen LogP contribution in [0.25, 0.3) is 6.08 Å². The fourth-order valence-electron chi connectivity index (χ4n) is 1.90. The minimum atomic E-state index is 0.203. The van der Waals surface area contributed by atoms with Crippen LogP contribution in [0.15, 0.2) is 24.8 Å². The summed E-state index contributed by atoms with van der Waals surface area (Å²) in [6.07, 6.45) is 5.28. The Balaban J connectivity index is 2.07. The van der Waals surface area contributed by atoms with Gasteiger partial charge >= 0.3 is 0 Å². The molecule has 0 aromatic carbocycles. The van der Waals surface area contributed by atoms with Crippen LogP contribution in [0, 0.1) is 0 Å². The van der Waals surface area contributed by atoms with Gasteiger partial charge in [0, 0.05) is 17.7 Å². The van der Waals surface area contributed by atoms with E-state index in [1.54, 1.807) is 6.08 Å². The van der Waals surface area contributed by atoms with E-state index in [4.69, 9.17) is 4.74 Å². The summed E-state index contributed by atoms with van der Waals surface area (Å²) >= 11 is 0. The monoisotopic (exact) mass is 217 g/mol. The molecule has 1 saturated carbocycles. The molecule has 1 aliphatic rings. The van der Waals surface area contributed by atoms with Gasteiger partial charge in [-0.05, 0) is 37.5 Å². The topological polar surface area (TPSA) is 22.1 Å². The van der Waals surface area contributed by atoms with Crippen LogP contribution < -0.4 is 0 Å². The van der Waals surface area contributed by atoms with Crippen LogP contribution in [0.3, 0.4) is 0 Å². The van der Waals surface area contributed by atoms with Gasteiger partial charge in [-0.1, -0.05) is 19.6 Å². The molecule has 0 saturated heterocycles. The van der Waals surface area contributed by atoms with E-state index in [2.05, 4.69) is 30.6 Å². The molecule has 0 aliphatic heterocycles. The third-order valence-electron chi connectivity index (χ3n) is 3.10. The van der Waals surface area contributed by atoms with Gasteiger partial charge in [0.1, 0.15) is 0 Å². The highest BCUT2D eigenvalue weighted by molar-refractivity contribution is 5.42. The second kappa shape index (κ2) is 4.79. The molecular formula is C14H19NO. The first kappa shape index (κ1) is 11.3. The predicted molar refractivity (Wildman–Crippen MR) is 66.4 cm³/mol. The zero-order valence-corrected chi connectivity index (χ0v) is 9.91. The summed E-state index contributed by atoms with van der Waals surface area (Å²) in [5.41, 5.74) is 2.33. The minimum absolute atomic E-state index is 0.203. The number of nitrogens with zero attached hydrogens (tertiary/aromatic N) is 1. The molecule has 0 bridgehead atoms. The van der Waals surface area contributed by atoms with E-state index >= 15 is 0 Å². The van der Waals surface area contributed by atoms with Crippen molar-refractivity contribution in [3.8, 4) is 0 Å². The van der Waals surface area contributed by atoms with E-state index in [-0.39, 0.29) is 5.41 Å². The van der Waals surface area contributed by atoms with Crippen molar-refractivity contribution in [3.05, 3.63) is 36.2 Å². The lowest BCUT2D eigenvalue weighted by Gasteiger charge is -2.15. The highest BCUT2D eigenvalue weighted by atomic mass is 16.5. The minimum Gasteiger partial charge on any atom is -0.380 e. The van der Waals surface area contributed by atoms with Crippen LogP contribution in [0.2, 0.25) is 0 Å². The maximum absolute atomic E-state index is 5.67. The van der Waals surface area contributed by atoms with E-state index in [9.17, 15) is 0 Å². The van der Waals surface area contributed by atoms with Gasteiger partial charge in [-0.3, -0.25) is 4.98 Å². The van der Waals surface area contributed by atoms with Crippen LogP contribution in [0.4, 0.5) is 0 Å². The second-order valence-corrected chi connectivity index (χ2v) is 4.48. The first-order valence-corrected chi connectivity index (χ1v) is 5.98. The maximum Gasteiger partial charge on any atom is 0.0627 e. The van der Waals surface area contributed by atoms with Crippen molar-refractivity contribution < 1.29 is 4.74 Å². The molecule has 1 aromatic heterocycles. The van der Waals surface area contributed by atoms with Crippen molar-refractivity contribution in [2.45, 2.75) is 31.6 Å². The van der Waals surface area contributed by atoms with Gasteiger partial charge < -0.3 is 4.74 Å². The summed E-state index contributed by atoms with van der Waals surface area (Å²) in [4.78, 5) is 4.61. The quantitative estimate of drug-likeness (QED) is 0.683. The molecule has 1 aliphatic carbocycles. The van der Waals surface area contributed by atoms with Crippen LogP contribution in [0.5, 0.6) is 0 Å². The summed E-state index contributed by atoms with van der Waals surface area (Å²) < 4.78 is 5.67. The van der Waals surface area contributed by atoms with Crippen molar-refractivity contribution in [2.75, 3.05) is 13.2 Å². The van der Waals surface area contributed by atoms with Gasteiger partial charge in [-0.25, -0.2) is 0 Å². The van der Waals surface area contributed by atoms with Gasteiger partial charge in [-0.2, -0.15) is 0 Å². The third-order valence-corrected chi connectivity index (χ3v) is 3.10. The fraction of sp³-hybridized carbons (Fsp3) is 0.500. The van der Waals surface area contributed by atoms with E-state index in [1.807, 2.05) is 6.07 Å². The molecule has 0 spiro atoms. The largest absolute Gasteiger partial charge is 0.380 e. The van der Waals surface area contributed by atoms with Gasteiger partial charge in [0.25, 0.3) is 0 Å². The first-order chi connectivity index (χ1) is 7.80. The number of ether oxygens (including phenoxy) is 1. The summed E-state index contributed by atoms with van der Waals surface area (Å²) in [5.74, 6) is 0. The van der Waals surface area contributed by atoms with Crippen molar-refractivity contribution in [1.82, 2.24) is 4.98 Å². The van der Waals surface area contributed by atoms with E-state index in [1.165, 1.54) is 18.5 Å². The molecule has 1 heterocycles. The zero-order valence-electron chi connectivity index (χ0n) is 9.91. The molecule has 0 amide bonds. The molecule has 2 nitrogen and oxygen atoms in total. The summed E-state index contributed by atoms with van der Waals surface area (Å²) in [6, 6.07) is 6.15. The summed E-state index contributed by atoms with van der Waals surface area (Å²) in [5, 5.41) is 0. The molecule has 0 atom stereocenters. The van der Waals surface area contributed by atoms with Crippen LogP contribution in [-0.2, 0) is 10.2 Å². The zero-order chi connectivity index (χ0) is 11.4. The van der Waals surface area contributed by atoms with E-state index in [0.717, 1.165) is 25.3 Å². The Bertz CT molecular complexity index is 369. The molecule has 2 heteroatoms. The standard InChI is InChI=1S/C14H19NO/c1-3-10-16-11-14(8-9-14)13-7-5-6-12(4-2)15-13/h4-7H,2-3,8-11H2,1H3. The molecule has 0 radical (unpaired) electrons. The van der Waals surface area contributed by atoms with Gasteiger partial charge in [-0.15, -0.1) is 0 Å². The second-order valence-electron chi connectivity index (χ2n) is 4.48. The summed E-state index contributed by atoms with van der Waals surface area (Å²) in [7, 11) is 0. The summed E-state index contributed by atoms with van der Waals surface area (Å²) in [6.45, 7) is 7.56. The third kappa shape index (κ3) is 2.33. The molecule has 1 aromatic rings. The van der Waals surface area contributed by atoms with Gasteiger partial charge in [0.05, 0.1) is 12.3 Å². The molecule has 1 fully saturated rings. The van der Waals surface area contributed by atoms with Gasteiger partial charge in [0.15, 0.2) is 0 Å². The highest BCUT2D eigenvalue weighted by Gasteiger charge is 2.45. The van der Waals surface area contributed by atoms with Crippen LogP contribution >= 0.6 is 0 Å². The number of pyridine rings is 1. The Morgan fingerprint density at radius 1 is 1.50 bits per heavy atom. The first-order valence-electron chi connectivity index (χ1n) is 5.98. The molecule has 2 rings (SSSR count). The SMILES string of the molecule is C=Cc1cccc(C2(COCCC)CC2)n1. The lowest BCUT2D eigenvalue weighted by atomic mass is 10.0. The normalized spacial score (nSPS) is 17.1. The lowest BCUT2D eigenvalue weighted by Crippen LogP contribution is -2.17. The number of rotatable bonds is 6. The Morgan fingerprint density at radius 3 is 2.94 bits per heavy atom. The lowest BCUT2D eigenvalue weighted by molar-refractivity contribution is 0.113. The molecular weight excluding hydrogens is 198 g/mol. The number of hydrogen-bond donors (Lipinski definition) is 0. The van der Waals surface area contributed by atoms with E-state index < -0.39 is 0 Å². The average molecular weight is 217 g/mol. The smallest absolute Gasteiger partial charge is 0.0627 e. The Morgan fingerprint density at radius 2 is 2.31 bits per heavy atom. The fourth-order valence-corrected chi connectivity index (χ4v) is 1.90. The Kier molecular flexibility index (Phi) is 3.39. The number of aromatic nitrogens is 1. The van der Waals surface area contributed by atoms with Crippen molar-refractivity contribution in [2.24, 2.45) is 0 Å². The maximum atomic E-state index is 5.67. The molecule has 0 N–H and O–H groups in total. The van der Waals surface area contributed by atoms with Crippen molar-refractivity contribution >= 4 is 6.08 Å². The molecule has 86 valence electrons. The predicted octanol–water partition coefficient (Wildman–Crippen LogP) is 3.18. The molecule has 0 unspecified atom stereocenters. The van der Waals surface area contributed by atoms with E-state index in [0.29, 0.717) is 0 Å². The Hall–Kier alpha value is -1.15. The highest BCUT2D eigenvalue weighted by Crippen LogP contribution is 2.47. The van der Waals surface area contributed by atoms with Crippen LogP contribution in [-0.4, -0.2) is 18.2 Å². The Labute approximate surface area is 97.4 Å². The van der Waals surface area contributed by atoms with Crippen molar-refractivity contribution in [1.29, 1.82) is 0 Å². The number of hydrogen-bond acceptors (Lipinski definition) is 2.